The lowest BCUT2D eigenvalue weighted by molar-refractivity contribution is 0.0601. The lowest BCUT2D eigenvalue weighted by Gasteiger charge is -2.06. The van der Waals surface area contributed by atoms with Crippen molar-refractivity contribution in [3.63, 3.8) is 0 Å². The molecule has 0 aliphatic carbocycles. The molecule has 3 heterocycles. The zero-order valence-corrected chi connectivity index (χ0v) is 16.3. The number of methoxy groups -OCH3 is 2. The van der Waals surface area contributed by atoms with Gasteiger partial charge in [0.25, 0.3) is 0 Å². The number of nitrogens with zero attached hydrogens (tertiary/aromatic N) is 4. The highest BCUT2D eigenvalue weighted by molar-refractivity contribution is 6.32. The molecule has 29 heavy (non-hydrogen) atoms. The molecule has 4 aromatic rings. The van der Waals surface area contributed by atoms with Crippen LogP contribution in [0.2, 0.25) is 5.02 Å². The summed E-state index contributed by atoms with van der Waals surface area (Å²) in [5, 5.41) is 7.99. The third-order valence-electron chi connectivity index (χ3n) is 4.24. The van der Waals surface area contributed by atoms with Crippen molar-refractivity contribution in [2.24, 2.45) is 0 Å². The summed E-state index contributed by atoms with van der Waals surface area (Å²) < 4.78 is 11.5. The van der Waals surface area contributed by atoms with Gasteiger partial charge < -0.3 is 14.8 Å². The number of hydrogen-bond acceptors (Lipinski definition) is 7. The van der Waals surface area contributed by atoms with Gasteiger partial charge in [0, 0.05) is 29.2 Å². The van der Waals surface area contributed by atoms with E-state index in [-0.39, 0.29) is 5.97 Å². The summed E-state index contributed by atoms with van der Waals surface area (Å²) in [6.45, 7) is 0. The summed E-state index contributed by atoms with van der Waals surface area (Å²) in [4.78, 5) is 20.3. The van der Waals surface area contributed by atoms with Crippen LogP contribution < -0.4 is 10.1 Å². The second-order valence-corrected chi connectivity index (χ2v) is 6.44. The van der Waals surface area contributed by atoms with Crippen LogP contribution in [0, 0.1) is 0 Å². The molecule has 1 N–H and O–H groups in total. The number of carbonyl (C=O) groups is 1. The van der Waals surface area contributed by atoms with Crippen LogP contribution in [0.25, 0.3) is 16.8 Å². The Morgan fingerprint density at radius 3 is 2.66 bits per heavy atom. The van der Waals surface area contributed by atoms with Crippen LogP contribution in [0.1, 0.15) is 10.4 Å². The Morgan fingerprint density at radius 2 is 1.97 bits per heavy atom. The highest BCUT2D eigenvalue weighted by atomic mass is 35.5. The fourth-order valence-electron chi connectivity index (χ4n) is 2.84. The molecular weight excluding hydrogens is 394 g/mol. The molecule has 0 amide bonds. The molecule has 9 heteroatoms. The first-order chi connectivity index (χ1) is 14.1. The Morgan fingerprint density at radius 1 is 1.17 bits per heavy atom. The highest BCUT2D eigenvalue weighted by Crippen LogP contribution is 2.30. The second-order valence-electron chi connectivity index (χ2n) is 6.03. The summed E-state index contributed by atoms with van der Waals surface area (Å²) >= 11 is 6.21. The number of pyridine rings is 2. The average molecular weight is 410 g/mol. The Kier molecular flexibility index (Phi) is 5.01. The number of nitrogens with one attached hydrogen (secondary N) is 1. The molecule has 0 bridgehead atoms. The van der Waals surface area contributed by atoms with Crippen molar-refractivity contribution in [1.29, 1.82) is 0 Å². The van der Waals surface area contributed by atoms with Gasteiger partial charge in [0.05, 0.1) is 19.8 Å². The Hall–Kier alpha value is -3.65. The number of halogens is 1. The first kappa shape index (κ1) is 18.7. The molecule has 146 valence electrons. The van der Waals surface area contributed by atoms with E-state index in [1.165, 1.54) is 14.2 Å². The van der Waals surface area contributed by atoms with Crippen LogP contribution in [0.5, 0.6) is 5.88 Å². The Balaban J connectivity index is 1.66. The summed E-state index contributed by atoms with van der Waals surface area (Å²) in [5.41, 5.74) is 3.47. The van der Waals surface area contributed by atoms with E-state index in [2.05, 4.69) is 20.4 Å². The first-order valence-corrected chi connectivity index (χ1v) is 8.97. The van der Waals surface area contributed by atoms with Crippen molar-refractivity contribution in [3.8, 4) is 17.0 Å². The molecule has 0 aliphatic rings. The first-order valence-electron chi connectivity index (χ1n) is 8.60. The zero-order chi connectivity index (χ0) is 20.4. The van der Waals surface area contributed by atoms with Crippen LogP contribution in [0.4, 0.5) is 11.6 Å². The van der Waals surface area contributed by atoms with E-state index in [1.807, 2.05) is 12.1 Å². The number of fused-ring (bicyclic) bond motifs is 1. The molecule has 3 aromatic heterocycles. The lowest BCUT2D eigenvalue weighted by Crippen LogP contribution is -2.01. The molecule has 0 fully saturated rings. The third-order valence-corrected chi connectivity index (χ3v) is 4.51. The predicted molar refractivity (Wildman–Crippen MR) is 109 cm³/mol. The minimum absolute atomic E-state index is 0.363. The molecule has 0 radical (unpaired) electrons. The van der Waals surface area contributed by atoms with Gasteiger partial charge in [-0.25, -0.2) is 14.3 Å². The van der Waals surface area contributed by atoms with Crippen LogP contribution in [0.3, 0.4) is 0 Å². The van der Waals surface area contributed by atoms with Crippen LogP contribution in [-0.4, -0.2) is 39.8 Å². The number of hydrogen-bond donors (Lipinski definition) is 1. The summed E-state index contributed by atoms with van der Waals surface area (Å²) in [7, 11) is 2.86. The van der Waals surface area contributed by atoms with Crippen molar-refractivity contribution >= 4 is 34.9 Å². The largest absolute Gasteiger partial charge is 0.480 e. The summed E-state index contributed by atoms with van der Waals surface area (Å²) in [6.07, 6.45) is 3.48. The number of rotatable bonds is 5. The molecule has 0 spiro atoms. The van der Waals surface area contributed by atoms with Gasteiger partial charge >= 0.3 is 5.97 Å². The van der Waals surface area contributed by atoms with E-state index in [0.717, 1.165) is 16.8 Å². The van der Waals surface area contributed by atoms with Gasteiger partial charge in [0.1, 0.15) is 5.02 Å². The highest BCUT2D eigenvalue weighted by Gasteiger charge is 2.13. The van der Waals surface area contributed by atoms with E-state index < -0.39 is 0 Å². The molecule has 4 rings (SSSR count). The van der Waals surface area contributed by atoms with Gasteiger partial charge in [-0.05, 0) is 42.5 Å². The number of aromatic nitrogens is 4. The maximum atomic E-state index is 11.5. The monoisotopic (exact) mass is 409 g/mol. The van der Waals surface area contributed by atoms with Gasteiger partial charge in [-0.3, -0.25) is 0 Å². The SMILES string of the molecule is COC(=O)c1ccc(Nc2nc3c(-c4cnc(OC)c(Cl)c4)cccn3n2)cc1. The average Bonchev–Trinajstić information content (AvgIpc) is 3.16. The number of anilines is 2. The van der Waals surface area contributed by atoms with E-state index in [9.17, 15) is 4.79 Å². The minimum Gasteiger partial charge on any atom is -0.480 e. The molecule has 0 saturated carbocycles. The lowest BCUT2D eigenvalue weighted by atomic mass is 10.1. The van der Waals surface area contributed by atoms with Crippen molar-refractivity contribution in [2.75, 3.05) is 19.5 Å². The van der Waals surface area contributed by atoms with E-state index >= 15 is 0 Å². The molecular formula is C20H16ClN5O3. The van der Waals surface area contributed by atoms with Crippen molar-refractivity contribution in [3.05, 3.63) is 65.4 Å². The smallest absolute Gasteiger partial charge is 0.337 e. The second kappa shape index (κ2) is 7.76. The normalized spacial score (nSPS) is 10.7. The fourth-order valence-corrected chi connectivity index (χ4v) is 3.09. The van der Waals surface area contributed by atoms with Crippen LogP contribution in [-0.2, 0) is 4.74 Å². The molecule has 8 nitrogen and oxygen atoms in total. The van der Waals surface area contributed by atoms with E-state index in [0.29, 0.717) is 28.1 Å². The molecule has 0 unspecified atom stereocenters. The van der Waals surface area contributed by atoms with Crippen molar-refractivity contribution in [2.45, 2.75) is 0 Å². The maximum absolute atomic E-state index is 11.5. The zero-order valence-electron chi connectivity index (χ0n) is 15.6. The van der Waals surface area contributed by atoms with Crippen LogP contribution in [0.15, 0.2) is 54.9 Å². The molecule has 1 aromatic carbocycles. The molecule has 0 atom stereocenters. The summed E-state index contributed by atoms with van der Waals surface area (Å²) in [6, 6.07) is 12.4. The third kappa shape index (κ3) is 3.70. The van der Waals surface area contributed by atoms with Gasteiger partial charge in [-0.1, -0.05) is 11.6 Å². The van der Waals surface area contributed by atoms with Gasteiger partial charge in [-0.15, -0.1) is 5.10 Å². The van der Waals surface area contributed by atoms with Gasteiger partial charge in [0.2, 0.25) is 11.8 Å². The Labute approximate surface area is 171 Å². The fraction of sp³-hybridized carbons (Fsp3) is 0.100. The number of carbonyl (C=O) groups excluding carboxylic acids is 1. The van der Waals surface area contributed by atoms with E-state index in [4.69, 9.17) is 21.1 Å². The molecule has 0 aliphatic heterocycles. The summed E-state index contributed by atoms with van der Waals surface area (Å²) in [5.74, 6) is 0.385. The quantitative estimate of drug-likeness (QED) is 0.498. The maximum Gasteiger partial charge on any atom is 0.337 e. The van der Waals surface area contributed by atoms with Crippen molar-refractivity contribution < 1.29 is 14.3 Å². The van der Waals surface area contributed by atoms with Gasteiger partial charge in [-0.2, -0.15) is 4.98 Å². The predicted octanol–water partition coefficient (Wildman–Crippen LogP) is 3.98. The molecule has 0 saturated heterocycles. The standard InChI is InChI=1S/C20H16ClN5O3/c1-28-18-16(21)10-13(11-22-18)15-4-3-9-26-17(15)24-20(25-26)23-14-7-5-12(6-8-14)19(27)29-2/h3-11H,1-2H3,(H,23,25). The van der Waals surface area contributed by atoms with Gasteiger partial charge in [0.15, 0.2) is 5.65 Å². The number of ether oxygens (including phenoxy) is 2. The van der Waals surface area contributed by atoms with Crippen molar-refractivity contribution in [1.82, 2.24) is 19.6 Å². The Bertz CT molecular complexity index is 1190. The topological polar surface area (TPSA) is 90.6 Å². The number of benzene rings is 1. The van der Waals surface area contributed by atoms with E-state index in [1.54, 1.807) is 47.2 Å². The van der Waals surface area contributed by atoms with Crippen LogP contribution >= 0.6 is 11.6 Å². The minimum atomic E-state index is -0.390. The number of esters is 1.